The SMILES string of the molecule is Cc1nn(C)nc1-c1ccc2c(n1)N(c1ccc(CCl)cc1)C(=C1CC/C=C\C=NC1=N)N2. The molecule has 166 valence electrons. The fraction of sp³-hybridized carbons (Fsp3) is 0.208. The lowest BCUT2D eigenvalue weighted by Gasteiger charge is -2.23. The van der Waals surface area contributed by atoms with Crippen molar-refractivity contribution in [3.05, 3.63) is 71.2 Å². The Kier molecular flexibility index (Phi) is 5.51. The maximum atomic E-state index is 8.56. The van der Waals surface area contributed by atoms with Crippen molar-refractivity contribution in [2.45, 2.75) is 25.6 Å². The Morgan fingerprint density at radius 2 is 1.94 bits per heavy atom. The van der Waals surface area contributed by atoms with Crippen molar-refractivity contribution in [3.63, 3.8) is 0 Å². The van der Waals surface area contributed by atoms with Crippen LogP contribution in [0.1, 0.15) is 24.1 Å². The van der Waals surface area contributed by atoms with Gasteiger partial charge in [0.1, 0.15) is 11.5 Å². The zero-order valence-corrected chi connectivity index (χ0v) is 19.1. The Morgan fingerprint density at radius 1 is 1.12 bits per heavy atom. The number of halogens is 1. The van der Waals surface area contributed by atoms with Crippen LogP contribution < -0.4 is 10.2 Å². The van der Waals surface area contributed by atoms with Gasteiger partial charge in [-0.2, -0.15) is 15.0 Å². The number of rotatable bonds is 3. The van der Waals surface area contributed by atoms with E-state index in [9.17, 15) is 0 Å². The van der Waals surface area contributed by atoms with E-state index in [1.165, 1.54) is 0 Å². The van der Waals surface area contributed by atoms with Gasteiger partial charge in [0.2, 0.25) is 0 Å². The predicted octanol–water partition coefficient (Wildman–Crippen LogP) is 5.10. The molecule has 2 aliphatic rings. The quantitative estimate of drug-likeness (QED) is 0.532. The number of nitrogens with zero attached hydrogens (tertiary/aromatic N) is 6. The number of anilines is 3. The van der Waals surface area contributed by atoms with Crippen molar-refractivity contribution in [3.8, 4) is 11.4 Å². The first-order valence-corrected chi connectivity index (χ1v) is 11.2. The van der Waals surface area contributed by atoms with E-state index in [0.29, 0.717) is 12.3 Å². The number of hydrogen-bond donors (Lipinski definition) is 2. The zero-order valence-electron chi connectivity index (χ0n) is 18.4. The lowest BCUT2D eigenvalue weighted by molar-refractivity contribution is 0.650. The topological polar surface area (TPSA) is 95.1 Å². The van der Waals surface area contributed by atoms with Crippen LogP contribution in [0.3, 0.4) is 0 Å². The molecule has 2 N–H and O–H groups in total. The van der Waals surface area contributed by atoms with Crippen LogP contribution in [0, 0.1) is 12.3 Å². The number of nitrogens with one attached hydrogen (secondary N) is 2. The summed E-state index contributed by atoms with van der Waals surface area (Å²) in [7, 11) is 1.80. The molecule has 0 saturated carbocycles. The smallest absolute Gasteiger partial charge is 0.163 e. The van der Waals surface area contributed by atoms with Crippen LogP contribution in [0.4, 0.5) is 17.2 Å². The number of allylic oxidation sites excluding steroid dienone is 2. The molecule has 0 fully saturated rings. The van der Waals surface area contributed by atoms with Crippen LogP contribution in [-0.4, -0.2) is 32.0 Å². The summed E-state index contributed by atoms with van der Waals surface area (Å²) in [6.07, 6.45) is 7.12. The number of alkyl halides is 1. The minimum absolute atomic E-state index is 0.238. The van der Waals surface area contributed by atoms with Crippen molar-refractivity contribution < 1.29 is 0 Å². The van der Waals surface area contributed by atoms with E-state index in [4.69, 9.17) is 22.0 Å². The molecule has 9 heteroatoms. The van der Waals surface area contributed by atoms with Crippen LogP contribution in [0.25, 0.3) is 11.4 Å². The van der Waals surface area contributed by atoms with Crippen molar-refractivity contribution in [1.82, 2.24) is 20.0 Å². The molecule has 8 nitrogen and oxygen atoms in total. The fourth-order valence-electron chi connectivity index (χ4n) is 4.00. The Balaban J connectivity index is 1.67. The van der Waals surface area contributed by atoms with E-state index in [1.54, 1.807) is 18.1 Å². The first-order valence-electron chi connectivity index (χ1n) is 10.7. The summed E-state index contributed by atoms with van der Waals surface area (Å²) in [5, 5.41) is 20.9. The second-order valence-corrected chi connectivity index (χ2v) is 8.14. The maximum Gasteiger partial charge on any atom is 0.163 e. The third-order valence-electron chi connectivity index (χ3n) is 5.60. The average Bonchev–Trinajstić information content (AvgIpc) is 3.35. The highest BCUT2D eigenvalue weighted by Crippen LogP contribution is 2.43. The van der Waals surface area contributed by atoms with Crippen LogP contribution in [-0.2, 0) is 12.9 Å². The van der Waals surface area contributed by atoms with Gasteiger partial charge in [-0.15, -0.1) is 11.6 Å². The number of aliphatic imine (C=N–C) groups is 1. The van der Waals surface area contributed by atoms with Crippen molar-refractivity contribution in [2.24, 2.45) is 12.0 Å². The number of fused-ring (bicyclic) bond motifs is 1. The Bertz CT molecular complexity index is 1320. The van der Waals surface area contributed by atoms with Crippen LogP contribution in [0.15, 0.2) is 64.9 Å². The average molecular weight is 459 g/mol. The lowest BCUT2D eigenvalue weighted by atomic mass is 10.1. The van der Waals surface area contributed by atoms with Gasteiger partial charge in [0.15, 0.2) is 11.7 Å². The van der Waals surface area contributed by atoms with E-state index in [2.05, 4.69) is 26.6 Å². The van der Waals surface area contributed by atoms with Crippen LogP contribution >= 0.6 is 11.6 Å². The number of aryl methyl sites for hydroxylation is 2. The summed E-state index contributed by atoms with van der Waals surface area (Å²) in [6, 6.07) is 12.0. The molecule has 5 rings (SSSR count). The van der Waals surface area contributed by atoms with Crippen molar-refractivity contribution in [2.75, 3.05) is 10.2 Å². The predicted molar refractivity (Wildman–Crippen MR) is 132 cm³/mol. The number of amidine groups is 1. The highest BCUT2D eigenvalue weighted by molar-refractivity contribution is 6.17. The largest absolute Gasteiger partial charge is 0.338 e. The summed E-state index contributed by atoms with van der Waals surface area (Å²) in [4.78, 5) is 12.9. The Labute approximate surface area is 196 Å². The minimum Gasteiger partial charge on any atom is -0.338 e. The number of aromatic nitrogens is 4. The lowest BCUT2D eigenvalue weighted by Crippen LogP contribution is -2.20. The van der Waals surface area contributed by atoms with E-state index < -0.39 is 0 Å². The van der Waals surface area contributed by atoms with Crippen LogP contribution in [0.5, 0.6) is 0 Å². The molecule has 4 heterocycles. The van der Waals surface area contributed by atoms with Gasteiger partial charge >= 0.3 is 0 Å². The highest BCUT2D eigenvalue weighted by atomic mass is 35.5. The number of pyridine rings is 1. The molecule has 0 radical (unpaired) electrons. The third-order valence-corrected chi connectivity index (χ3v) is 5.90. The van der Waals surface area contributed by atoms with E-state index in [1.807, 2.05) is 54.3 Å². The van der Waals surface area contributed by atoms with Gasteiger partial charge in [-0.3, -0.25) is 10.3 Å². The Morgan fingerprint density at radius 3 is 2.67 bits per heavy atom. The van der Waals surface area contributed by atoms with E-state index >= 15 is 0 Å². The molecule has 2 aromatic heterocycles. The molecule has 0 unspecified atom stereocenters. The monoisotopic (exact) mass is 458 g/mol. The molecular formula is C24H23ClN8. The van der Waals surface area contributed by atoms with Gasteiger partial charge in [-0.25, -0.2) is 9.98 Å². The van der Waals surface area contributed by atoms with Crippen molar-refractivity contribution >= 4 is 40.8 Å². The fourth-order valence-corrected chi connectivity index (χ4v) is 4.18. The summed E-state index contributed by atoms with van der Waals surface area (Å²) in [5.41, 5.74) is 5.94. The minimum atomic E-state index is 0.238. The summed E-state index contributed by atoms with van der Waals surface area (Å²) < 4.78 is 0. The molecule has 3 aromatic rings. The van der Waals surface area contributed by atoms with Gasteiger partial charge in [0.05, 0.1) is 17.1 Å². The third kappa shape index (κ3) is 3.93. The molecule has 2 aliphatic heterocycles. The second-order valence-electron chi connectivity index (χ2n) is 7.87. The van der Waals surface area contributed by atoms with Gasteiger partial charge in [-0.1, -0.05) is 18.2 Å². The Hall–Kier alpha value is -3.78. The first kappa shape index (κ1) is 21.1. The van der Waals surface area contributed by atoms with Crippen LogP contribution in [0.2, 0.25) is 0 Å². The molecule has 0 atom stereocenters. The van der Waals surface area contributed by atoms with E-state index in [-0.39, 0.29) is 5.84 Å². The molecule has 0 saturated heterocycles. The van der Waals surface area contributed by atoms with E-state index in [0.717, 1.165) is 57.7 Å². The molecular weight excluding hydrogens is 436 g/mol. The number of hydrogen-bond acceptors (Lipinski definition) is 6. The summed E-state index contributed by atoms with van der Waals surface area (Å²) in [5.74, 6) is 2.22. The normalized spacial score (nSPS) is 18.6. The van der Waals surface area contributed by atoms with Gasteiger partial charge in [-0.05, 0) is 55.7 Å². The molecule has 33 heavy (non-hydrogen) atoms. The summed E-state index contributed by atoms with van der Waals surface area (Å²) in [6.45, 7) is 1.92. The van der Waals surface area contributed by atoms with Gasteiger partial charge < -0.3 is 5.32 Å². The second kappa shape index (κ2) is 8.63. The molecule has 0 bridgehead atoms. The summed E-state index contributed by atoms with van der Waals surface area (Å²) >= 11 is 6.02. The first-order chi connectivity index (χ1) is 16.0. The zero-order chi connectivity index (χ0) is 22.9. The number of benzene rings is 1. The van der Waals surface area contributed by atoms with Crippen molar-refractivity contribution in [1.29, 1.82) is 5.41 Å². The standard InChI is InChI=1S/C24H23ClN8/c1-15-21(31-32(2)30-15)19-11-12-20-24(28-19)33(17-9-7-16(14-25)8-10-17)23(29-20)18-6-4-3-5-13-27-22(18)26/h3,5,7-13,26,29H,4,6,14H2,1-2H3/b5-3-,23-18?,26-22?,27-13?. The molecule has 0 aliphatic carbocycles. The van der Waals surface area contributed by atoms with Gasteiger partial charge in [0, 0.05) is 30.4 Å². The molecule has 0 spiro atoms. The highest BCUT2D eigenvalue weighted by Gasteiger charge is 2.31. The molecule has 1 aromatic carbocycles. The maximum absolute atomic E-state index is 8.56. The molecule has 0 amide bonds. The van der Waals surface area contributed by atoms with Gasteiger partial charge in [0.25, 0.3) is 0 Å².